The average Bonchev–Trinajstić information content (AvgIpc) is 3.28. The minimum Gasteiger partial charge on any atom is -0.494 e. The summed E-state index contributed by atoms with van der Waals surface area (Å²) in [6.07, 6.45) is 2.25. The molecule has 3 heterocycles. The van der Waals surface area contributed by atoms with Crippen molar-refractivity contribution in [3.63, 3.8) is 0 Å². The quantitative estimate of drug-likeness (QED) is 0.527. The predicted molar refractivity (Wildman–Crippen MR) is 131 cm³/mol. The maximum absolute atomic E-state index is 13.5. The van der Waals surface area contributed by atoms with Crippen molar-refractivity contribution in [2.45, 2.75) is 50.1 Å². The molecule has 2 N–H and O–H groups in total. The number of thiophene rings is 1. The van der Waals surface area contributed by atoms with Crippen molar-refractivity contribution < 1.29 is 27.5 Å². The average molecular weight is 509 g/mol. The summed E-state index contributed by atoms with van der Waals surface area (Å²) in [5, 5.41) is 3.17. The summed E-state index contributed by atoms with van der Waals surface area (Å²) >= 11 is 1.42. The molecule has 0 saturated carbocycles. The van der Waals surface area contributed by atoms with Crippen LogP contribution < -0.4 is 15.5 Å². The number of hydrogen-bond donors (Lipinski definition) is 2. The van der Waals surface area contributed by atoms with Crippen LogP contribution in [-0.4, -0.2) is 52.7 Å². The lowest BCUT2D eigenvalue weighted by atomic mass is 9.97. The summed E-state index contributed by atoms with van der Waals surface area (Å²) < 4.78 is 36.8. The molecule has 10 heteroatoms. The van der Waals surface area contributed by atoms with Crippen molar-refractivity contribution in [1.29, 1.82) is 0 Å². The number of hydroxylamine groups is 1. The van der Waals surface area contributed by atoms with Gasteiger partial charge in [-0.05, 0) is 74.7 Å². The van der Waals surface area contributed by atoms with Crippen molar-refractivity contribution in [2.24, 2.45) is 0 Å². The molecule has 4 rings (SSSR count). The predicted octanol–water partition coefficient (Wildman–Crippen LogP) is 3.38. The molecule has 1 amide bonds. The molecule has 0 aliphatic carbocycles. The van der Waals surface area contributed by atoms with E-state index >= 15 is 0 Å². The molecular formula is C24H32N2O6S2. The Kier molecular flexibility index (Phi) is 8.26. The number of benzene rings is 1. The monoisotopic (exact) mass is 508 g/mol. The first-order valence-electron chi connectivity index (χ1n) is 11.8. The maximum Gasteiger partial charge on any atom is 0.245 e. The molecule has 2 aliphatic heterocycles. The Morgan fingerprint density at radius 2 is 2.03 bits per heavy atom. The van der Waals surface area contributed by atoms with Gasteiger partial charge >= 0.3 is 0 Å². The third-order valence-electron chi connectivity index (χ3n) is 6.24. The molecule has 2 aliphatic rings. The number of sulfone groups is 1. The normalized spacial score (nSPS) is 24.8. The second-order valence-corrected chi connectivity index (χ2v) is 12.1. The Hall–Kier alpha value is -1.98. The van der Waals surface area contributed by atoms with Crippen molar-refractivity contribution in [3.8, 4) is 16.2 Å². The van der Waals surface area contributed by atoms with Gasteiger partial charge in [-0.15, -0.1) is 11.3 Å². The third kappa shape index (κ3) is 5.63. The molecule has 2 aromatic rings. The molecule has 34 heavy (non-hydrogen) atoms. The molecular weight excluding hydrogens is 476 g/mol. The van der Waals surface area contributed by atoms with Crippen LogP contribution in [0.3, 0.4) is 0 Å². The zero-order valence-corrected chi connectivity index (χ0v) is 21.0. The standard InChI is InChI=1S/C24H32N2O6S2/c1-2-30-19-8-6-18(7-9-19)20-10-11-21(33-20)24(12-13-25-14-16-34(24,28)29)17-22(27)26-32-23-5-3-4-15-31-23/h6-11,23,25H,2-5,12-17H2,1H3,(H,26,27). The number of carbonyl (C=O) groups excluding carboxylic acids is 1. The van der Waals surface area contributed by atoms with E-state index in [-0.39, 0.29) is 12.2 Å². The summed E-state index contributed by atoms with van der Waals surface area (Å²) in [6, 6.07) is 11.5. The van der Waals surface area contributed by atoms with E-state index in [1.165, 1.54) is 11.3 Å². The Balaban J connectivity index is 1.58. The van der Waals surface area contributed by atoms with Crippen molar-refractivity contribution in [2.75, 3.05) is 32.1 Å². The highest BCUT2D eigenvalue weighted by molar-refractivity contribution is 7.92. The van der Waals surface area contributed by atoms with Crippen LogP contribution in [0.15, 0.2) is 36.4 Å². The van der Waals surface area contributed by atoms with Crippen LogP contribution in [0, 0.1) is 0 Å². The van der Waals surface area contributed by atoms with E-state index < -0.39 is 26.8 Å². The van der Waals surface area contributed by atoms with Crippen LogP contribution in [-0.2, 0) is 29.0 Å². The number of carbonyl (C=O) groups is 1. The summed E-state index contributed by atoms with van der Waals surface area (Å²) in [4.78, 5) is 20.0. The van der Waals surface area contributed by atoms with Gasteiger partial charge < -0.3 is 14.8 Å². The molecule has 2 unspecified atom stereocenters. The van der Waals surface area contributed by atoms with Crippen LogP contribution in [0.5, 0.6) is 5.75 Å². The number of nitrogens with one attached hydrogen (secondary N) is 2. The first-order chi connectivity index (χ1) is 16.4. The van der Waals surface area contributed by atoms with Gasteiger partial charge in [0.15, 0.2) is 16.1 Å². The first kappa shape index (κ1) is 25.1. The Bertz CT molecular complexity index is 1060. The Morgan fingerprint density at radius 1 is 1.21 bits per heavy atom. The molecule has 1 aromatic carbocycles. The molecule has 0 spiro atoms. The SMILES string of the molecule is CCOc1ccc(-c2ccc(C3(CC(=O)NOC4CCCCO4)CCNCCS3(=O)=O)s2)cc1. The van der Waals surface area contributed by atoms with Crippen molar-refractivity contribution in [3.05, 3.63) is 41.3 Å². The molecule has 1 aromatic heterocycles. The highest BCUT2D eigenvalue weighted by atomic mass is 32.2. The minimum atomic E-state index is -3.62. The number of rotatable bonds is 8. The summed E-state index contributed by atoms with van der Waals surface area (Å²) in [6.45, 7) is 4.00. The molecule has 186 valence electrons. The zero-order valence-electron chi connectivity index (χ0n) is 19.4. The highest BCUT2D eigenvalue weighted by Crippen LogP contribution is 2.44. The largest absolute Gasteiger partial charge is 0.494 e. The molecule has 0 bridgehead atoms. The second-order valence-electron chi connectivity index (χ2n) is 8.55. The van der Waals surface area contributed by atoms with Gasteiger partial charge in [-0.1, -0.05) is 0 Å². The van der Waals surface area contributed by atoms with Crippen LogP contribution in [0.1, 0.15) is 43.9 Å². The Labute approximate surface area is 204 Å². The zero-order chi connectivity index (χ0) is 24.0. The second kappa shape index (κ2) is 11.2. The van der Waals surface area contributed by atoms with Crippen LogP contribution in [0.2, 0.25) is 0 Å². The minimum absolute atomic E-state index is 0.0246. The van der Waals surface area contributed by atoms with E-state index in [4.69, 9.17) is 14.3 Å². The molecule has 0 radical (unpaired) electrons. The van der Waals surface area contributed by atoms with Gasteiger partial charge in [0, 0.05) is 29.3 Å². The lowest BCUT2D eigenvalue weighted by Crippen LogP contribution is -2.43. The van der Waals surface area contributed by atoms with Crippen LogP contribution >= 0.6 is 11.3 Å². The van der Waals surface area contributed by atoms with Crippen LogP contribution in [0.25, 0.3) is 10.4 Å². The van der Waals surface area contributed by atoms with Gasteiger partial charge in [0.2, 0.25) is 5.91 Å². The van der Waals surface area contributed by atoms with Crippen molar-refractivity contribution >= 4 is 27.1 Å². The maximum atomic E-state index is 13.5. The number of amides is 1. The van der Waals surface area contributed by atoms with Crippen LogP contribution in [0.4, 0.5) is 0 Å². The van der Waals surface area contributed by atoms with E-state index in [0.29, 0.717) is 44.0 Å². The van der Waals surface area contributed by atoms with E-state index in [1.807, 2.05) is 43.3 Å². The highest BCUT2D eigenvalue weighted by Gasteiger charge is 2.48. The fourth-order valence-electron chi connectivity index (χ4n) is 4.39. The van der Waals surface area contributed by atoms with E-state index in [9.17, 15) is 13.2 Å². The fraction of sp³-hybridized carbons (Fsp3) is 0.542. The fourth-order valence-corrected chi connectivity index (χ4v) is 7.96. The molecule has 2 fully saturated rings. The summed E-state index contributed by atoms with van der Waals surface area (Å²) in [7, 11) is -3.62. The molecule has 8 nitrogen and oxygen atoms in total. The van der Waals surface area contributed by atoms with E-state index in [1.54, 1.807) is 0 Å². The molecule has 2 saturated heterocycles. The van der Waals surface area contributed by atoms with Gasteiger partial charge in [0.05, 0.1) is 18.8 Å². The lowest BCUT2D eigenvalue weighted by Gasteiger charge is -2.31. The Morgan fingerprint density at radius 3 is 2.76 bits per heavy atom. The smallest absolute Gasteiger partial charge is 0.245 e. The first-order valence-corrected chi connectivity index (χ1v) is 14.2. The lowest BCUT2D eigenvalue weighted by molar-refractivity contribution is -0.200. The van der Waals surface area contributed by atoms with Gasteiger partial charge in [0.1, 0.15) is 10.5 Å². The van der Waals surface area contributed by atoms with Gasteiger partial charge in [-0.25, -0.2) is 18.7 Å². The van der Waals surface area contributed by atoms with Gasteiger partial charge in [-0.2, -0.15) is 0 Å². The summed E-state index contributed by atoms with van der Waals surface area (Å²) in [5.41, 5.74) is 3.42. The van der Waals surface area contributed by atoms with E-state index in [2.05, 4.69) is 10.8 Å². The van der Waals surface area contributed by atoms with Gasteiger partial charge in [0.25, 0.3) is 0 Å². The molecule has 2 atom stereocenters. The third-order valence-corrected chi connectivity index (χ3v) is 10.2. The van der Waals surface area contributed by atoms with Gasteiger partial charge in [-0.3, -0.25) is 4.79 Å². The number of hydrogen-bond acceptors (Lipinski definition) is 8. The number of ether oxygens (including phenoxy) is 2. The topological polar surface area (TPSA) is 103 Å². The van der Waals surface area contributed by atoms with E-state index in [0.717, 1.165) is 29.0 Å². The van der Waals surface area contributed by atoms with Crippen molar-refractivity contribution in [1.82, 2.24) is 10.8 Å². The summed E-state index contributed by atoms with van der Waals surface area (Å²) in [5.74, 6) is 0.301.